The zero-order valence-corrected chi connectivity index (χ0v) is 10.6. The Morgan fingerprint density at radius 2 is 1.94 bits per heavy atom. The third-order valence-electron chi connectivity index (χ3n) is 2.24. The Kier molecular flexibility index (Phi) is 4.34. The highest BCUT2D eigenvalue weighted by molar-refractivity contribution is 7.90. The smallest absolute Gasteiger partial charge is 0.323 e. The molecule has 0 saturated carbocycles. The average Bonchev–Trinajstić information content (AvgIpc) is 2.27. The van der Waals surface area contributed by atoms with Gasteiger partial charge in [0.2, 0.25) is 0 Å². The van der Waals surface area contributed by atoms with Crippen LogP contribution >= 0.6 is 0 Å². The summed E-state index contributed by atoms with van der Waals surface area (Å²) in [6.07, 6.45) is 6.27. The Morgan fingerprint density at radius 3 is 2.33 bits per heavy atom. The van der Waals surface area contributed by atoms with Crippen LogP contribution in [0.2, 0.25) is 0 Å². The summed E-state index contributed by atoms with van der Waals surface area (Å²) in [5.41, 5.74) is 0.572. The summed E-state index contributed by atoms with van der Waals surface area (Å²) in [6.45, 7) is -0.0903. The van der Waals surface area contributed by atoms with Gasteiger partial charge in [-0.1, -0.05) is 5.92 Å². The maximum Gasteiger partial charge on any atom is 0.323 e. The highest BCUT2D eigenvalue weighted by Crippen LogP contribution is 2.17. The number of carboxylic acids is 1. The normalized spacial score (nSPS) is 10.7. The van der Waals surface area contributed by atoms with Crippen LogP contribution in [0.25, 0.3) is 0 Å². The van der Waals surface area contributed by atoms with Crippen LogP contribution in [0.3, 0.4) is 0 Å². The Labute approximate surface area is 106 Å². The van der Waals surface area contributed by atoms with Crippen LogP contribution in [-0.2, 0) is 14.6 Å². The first-order chi connectivity index (χ1) is 8.34. The van der Waals surface area contributed by atoms with Crippen LogP contribution < -0.4 is 4.90 Å². The quantitative estimate of drug-likeness (QED) is 0.791. The first kappa shape index (κ1) is 14.1. The summed E-state index contributed by atoms with van der Waals surface area (Å²) in [6, 6.07) is 5.93. The molecule has 0 aliphatic carbocycles. The molecule has 0 aliphatic rings. The lowest BCUT2D eigenvalue weighted by molar-refractivity contribution is -0.135. The van der Waals surface area contributed by atoms with Crippen molar-refractivity contribution in [3.8, 4) is 12.3 Å². The van der Waals surface area contributed by atoms with Gasteiger partial charge in [-0.2, -0.15) is 0 Å². The summed E-state index contributed by atoms with van der Waals surface area (Å²) in [5.74, 6) is 1.36. The van der Waals surface area contributed by atoms with Crippen LogP contribution in [0.4, 0.5) is 5.69 Å². The fourth-order valence-electron chi connectivity index (χ4n) is 1.42. The van der Waals surface area contributed by atoms with Gasteiger partial charge in [0.1, 0.15) is 6.54 Å². The molecule has 0 fully saturated rings. The summed E-state index contributed by atoms with van der Waals surface area (Å²) in [5, 5.41) is 8.75. The zero-order valence-electron chi connectivity index (χ0n) is 9.83. The fourth-order valence-corrected chi connectivity index (χ4v) is 2.05. The Bertz CT molecular complexity index is 569. The molecule has 0 spiro atoms. The van der Waals surface area contributed by atoms with E-state index in [2.05, 4.69) is 5.92 Å². The van der Waals surface area contributed by atoms with Crippen molar-refractivity contribution in [2.24, 2.45) is 0 Å². The molecule has 0 aliphatic heterocycles. The van der Waals surface area contributed by atoms with Crippen molar-refractivity contribution in [1.29, 1.82) is 0 Å². The number of hydrogen-bond donors (Lipinski definition) is 1. The van der Waals surface area contributed by atoms with E-state index in [4.69, 9.17) is 11.5 Å². The predicted octanol–water partition coefficient (Wildman–Crippen LogP) is 0.614. The Balaban J connectivity index is 3.01. The summed E-state index contributed by atoms with van der Waals surface area (Å²) in [4.78, 5) is 12.3. The average molecular weight is 267 g/mol. The van der Waals surface area contributed by atoms with Gasteiger partial charge in [-0.15, -0.1) is 6.42 Å². The molecule has 0 heterocycles. The van der Waals surface area contributed by atoms with E-state index in [1.165, 1.54) is 29.2 Å². The van der Waals surface area contributed by atoms with Crippen molar-refractivity contribution in [2.45, 2.75) is 4.90 Å². The molecule has 0 saturated heterocycles. The number of carboxylic acid groups (broad SMARTS) is 1. The largest absolute Gasteiger partial charge is 0.480 e. The number of hydrogen-bond acceptors (Lipinski definition) is 4. The molecule has 0 amide bonds. The van der Waals surface area contributed by atoms with Gasteiger partial charge >= 0.3 is 5.97 Å². The number of terminal acetylenes is 1. The van der Waals surface area contributed by atoms with E-state index in [0.29, 0.717) is 5.69 Å². The van der Waals surface area contributed by atoms with Crippen molar-refractivity contribution in [3.63, 3.8) is 0 Å². The summed E-state index contributed by atoms with van der Waals surface area (Å²) in [7, 11) is -3.26. The van der Waals surface area contributed by atoms with Gasteiger partial charge in [-0.25, -0.2) is 8.42 Å². The van der Waals surface area contributed by atoms with Gasteiger partial charge in [0, 0.05) is 11.9 Å². The van der Waals surface area contributed by atoms with Crippen molar-refractivity contribution in [1.82, 2.24) is 0 Å². The van der Waals surface area contributed by atoms with Crippen molar-refractivity contribution in [3.05, 3.63) is 24.3 Å². The number of benzene rings is 1. The van der Waals surface area contributed by atoms with E-state index in [-0.39, 0.29) is 18.0 Å². The number of nitrogens with zero attached hydrogens (tertiary/aromatic N) is 1. The van der Waals surface area contributed by atoms with Crippen LogP contribution in [0.5, 0.6) is 0 Å². The molecular weight excluding hydrogens is 254 g/mol. The monoisotopic (exact) mass is 267 g/mol. The van der Waals surface area contributed by atoms with E-state index < -0.39 is 15.8 Å². The van der Waals surface area contributed by atoms with Crippen LogP contribution in [0.1, 0.15) is 0 Å². The van der Waals surface area contributed by atoms with Crippen LogP contribution in [0, 0.1) is 12.3 Å². The summed E-state index contributed by atoms with van der Waals surface area (Å²) < 4.78 is 22.6. The molecule has 6 heteroatoms. The maximum atomic E-state index is 11.3. The van der Waals surface area contributed by atoms with Crippen molar-refractivity contribution in [2.75, 3.05) is 24.2 Å². The SMILES string of the molecule is C#CCN(CC(=O)O)c1ccc(S(C)(=O)=O)cc1. The molecule has 0 unspecified atom stereocenters. The maximum absolute atomic E-state index is 11.3. The molecule has 0 aromatic heterocycles. The van der Waals surface area contributed by atoms with Gasteiger partial charge in [0.15, 0.2) is 9.84 Å². The van der Waals surface area contributed by atoms with Crippen molar-refractivity contribution >= 4 is 21.5 Å². The van der Waals surface area contributed by atoms with Crippen LogP contribution in [0.15, 0.2) is 29.2 Å². The lowest BCUT2D eigenvalue weighted by atomic mass is 10.3. The minimum absolute atomic E-state index is 0.143. The van der Waals surface area contributed by atoms with Crippen molar-refractivity contribution < 1.29 is 18.3 Å². The molecule has 1 aromatic carbocycles. The standard InChI is InChI=1S/C12H13NO4S/c1-3-8-13(9-12(14)15)10-4-6-11(7-5-10)18(2,16)17/h1,4-7H,8-9H2,2H3,(H,14,15). The van der Waals surface area contributed by atoms with Crippen LogP contribution in [-0.4, -0.2) is 38.8 Å². The van der Waals surface area contributed by atoms with E-state index in [1.807, 2.05) is 0 Å². The molecule has 1 aromatic rings. The number of rotatable bonds is 5. The molecular formula is C12H13NO4S. The first-order valence-corrected chi connectivity index (χ1v) is 6.94. The second-order valence-corrected chi connectivity index (χ2v) is 5.74. The second kappa shape index (κ2) is 5.56. The second-order valence-electron chi connectivity index (χ2n) is 3.72. The number of aliphatic carboxylic acids is 1. The molecule has 18 heavy (non-hydrogen) atoms. The lowest BCUT2D eigenvalue weighted by Crippen LogP contribution is -2.29. The van der Waals surface area contributed by atoms with E-state index in [1.54, 1.807) is 0 Å². The van der Waals surface area contributed by atoms with Gasteiger partial charge in [-0.3, -0.25) is 4.79 Å². The van der Waals surface area contributed by atoms with Gasteiger partial charge in [-0.05, 0) is 24.3 Å². The molecule has 0 bridgehead atoms. The molecule has 1 rings (SSSR count). The lowest BCUT2D eigenvalue weighted by Gasteiger charge is -2.20. The third-order valence-corrected chi connectivity index (χ3v) is 3.37. The molecule has 0 atom stereocenters. The molecule has 5 nitrogen and oxygen atoms in total. The van der Waals surface area contributed by atoms with E-state index >= 15 is 0 Å². The molecule has 1 N–H and O–H groups in total. The number of carbonyl (C=O) groups is 1. The highest BCUT2D eigenvalue weighted by atomic mass is 32.2. The third kappa shape index (κ3) is 3.79. The van der Waals surface area contributed by atoms with E-state index in [0.717, 1.165) is 6.26 Å². The minimum atomic E-state index is -3.26. The van der Waals surface area contributed by atoms with Gasteiger partial charge in [0.05, 0.1) is 11.4 Å². The topological polar surface area (TPSA) is 74.7 Å². The predicted molar refractivity (Wildman–Crippen MR) is 68.2 cm³/mol. The molecule has 0 radical (unpaired) electrons. The molecule has 96 valence electrons. The van der Waals surface area contributed by atoms with Gasteiger partial charge in [0.25, 0.3) is 0 Å². The number of sulfone groups is 1. The van der Waals surface area contributed by atoms with E-state index in [9.17, 15) is 13.2 Å². The Morgan fingerprint density at radius 1 is 1.39 bits per heavy atom. The zero-order chi connectivity index (χ0) is 13.8. The Hall–Kier alpha value is -2.00. The number of anilines is 1. The minimum Gasteiger partial charge on any atom is -0.480 e. The first-order valence-electron chi connectivity index (χ1n) is 5.05. The fraction of sp³-hybridized carbons (Fsp3) is 0.250. The highest BCUT2D eigenvalue weighted by Gasteiger charge is 2.11. The summed E-state index contributed by atoms with van der Waals surface area (Å²) >= 11 is 0. The van der Waals surface area contributed by atoms with Gasteiger partial charge < -0.3 is 10.0 Å².